The molecular weight excluding hydrogens is 500 g/mol. The molecule has 7 nitrogen and oxygen atoms in total. The second kappa shape index (κ2) is 11.3. The van der Waals surface area contributed by atoms with E-state index in [1.807, 2.05) is 53.6 Å². The Kier molecular flexibility index (Phi) is 7.70. The summed E-state index contributed by atoms with van der Waals surface area (Å²) in [6.07, 6.45) is 5.93. The summed E-state index contributed by atoms with van der Waals surface area (Å²) in [7, 11) is 0. The third kappa shape index (κ3) is 5.40. The highest BCUT2D eigenvalue weighted by Gasteiger charge is 2.31. The van der Waals surface area contributed by atoms with Gasteiger partial charge in [0.2, 0.25) is 0 Å². The van der Waals surface area contributed by atoms with Gasteiger partial charge in [-0.1, -0.05) is 42.5 Å². The molecular formula is C30H31F2N5O2. The van der Waals surface area contributed by atoms with E-state index in [9.17, 15) is 18.4 Å². The number of halogens is 2. The summed E-state index contributed by atoms with van der Waals surface area (Å²) in [6, 6.07) is 16.1. The number of rotatable bonds is 8. The quantitative estimate of drug-likeness (QED) is 0.372. The molecule has 0 radical (unpaired) electrons. The zero-order chi connectivity index (χ0) is 27.5. The summed E-state index contributed by atoms with van der Waals surface area (Å²) in [5, 5.41) is 0. The molecule has 2 aromatic carbocycles. The van der Waals surface area contributed by atoms with E-state index in [-0.39, 0.29) is 24.7 Å². The van der Waals surface area contributed by atoms with E-state index in [4.69, 9.17) is 5.73 Å². The zero-order valence-electron chi connectivity index (χ0n) is 21.8. The van der Waals surface area contributed by atoms with E-state index >= 15 is 0 Å². The molecule has 0 aliphatic carbocycles. The summed E-state index contributed by atoms with van der Waals surface area (Å²) < 4.78 is 31.7. The molecule has 1 unspecified atom stereocenters. The maximum absolute atomic E-state index is 14.7. The van der Waals surface area contributed by atoms with Gasteiger partial charge in [0.1, 0.15) is 17.3 Å². The minimum absolute atomic E-state index is 0.00740. The fraction of sp³-hybridized carbons (Fsp3) is 0.300. The molecule has 0 saturated carbocycles. The Morgan fingerprint density at radius 3 is 2.44 bits per heavy atom. The Hall–Kier alpha value is -4.11. The van der Waals surface area contributed by atoms with Crippen molar-refractivity contribution in [2.75, 3.05) is 11.4 Å². The Balaban J connectivity index is 1.63. The predicted molar refractivity (Wildman–Crippen MR) is 147 cm³/mol. The monoisotopic (exact) mass is 531 g/mol. The van der Waals surface area contributed by atoms with E-state index in [1.165, 1.54) is 10.6 Å². The molecule has 5 rings (SSSR count). The first kappa shape index (κ1) is 26.5. The van der Waals surface area contributed by atoms with E-state index in [1.54, 1.807) is 13.1 Å². The van der Waals surface area contributed by atoms with Crippen molar-refractivity contribution in [3.05, 3.63) is 128 Å². The van der Waals surface area contributed by atoms with Crippen LogP contribution in [0.1, 0.15) is 41.3 Å². The molecule has 1 fully saturated rings. The molecule has 39 heavy (non-hydrogen) atoms. The Morgan fingerprint density at radius 1 is 1.00 bits per heavy atom. The summed E-state index contributed by atoms with van der Waals surface area (Å²) in [5.74, 6) is -1.51. The highest BCUT2D eigenvalue weighted by atomic mass is 19.1. The van der Waals surface area contributed by atoms with Crippen LogP contribution in [0.25, 0.3) is 0 Å². The number of pyridine rings is 1. The maximum atomic E-state index is 14.7. The van der Waals surface area contributed by atoms with Gasteiger partial charge in [0, 0.05) is 42.3 Å². The van der Waals surface area contributed by atoms with Crippen LogP contribution in [-0.2, 0) is 19.5 Å². The van der Waals surface area contributed by atoms with Gasteiger partial charge in [0.15, 0.2) is 0 Å². The Morgan fingerprint density at radius 2 is 1.74 bits per heavy atom. The Bertz CT molecular complexity index is 1550. The van der Waals surface area contributed by atoms with Crippen LogP contribution >= 0.6 is 0 Å². The van der Waals surface area contributed by atoms with Crippen LogP contribution in [0.4, 0.5) is 14.5 Å². The van der Waals surface area contributed by atoms with Gasteiger partial charge in [0.05, 0.1) is 13.1 Å². The summed E-state index contributed by atoms with van der Waals surface area (Å²) >= 11 is 0. The van der Waals surface area contributed by atoms with Crippen molar-refractivity contribution in [1.82, 2.24) is 14.1 Å². The lowest BCUT2D eigenvalue weighted by Crippen LogP contribution is -2.47. The van der Waals surface area contributed by atoms with Crippen LogP contribution in [-0.4, -0.2) is 26.7 Å². The van der Waals surface area contributed by atoms with Gasteiger partial charge in [-0.15, -0.1) is 0 Å². The van der Waals surface area contributed by atoms with Crippen LogP contribution in [0, 0.1) is 18.6 Å². The Labute approximate surface area is 225 Å². The van der Waals surface area contributed by atoms with Crippen LogP contribution in [0.15, 0.2) is 82.6 Å². The van der Waals surface area contributed by atoms with E-state index in [2.05, 4.69) is 4.98 Å². The van der Waals surface area contributed by atoms with E-state index in [0.717, 1.165) is 40.7 Å². The van der Waals surface area contributed by atoms with Gasteiger partial charge in [-0.05, 0) is 55.5 Å². The number of hydrogen-bond donors (Lipinski definition) is 1. The largest absolute Gasteiger partial charge is 0.362 e. The van der Waals surface area contributed by atoms with Crippen molar-refractivity contribution in [2.24, 2.45) is 5.73 Å². The molecule has 4 aromatic rings. The highest BCUT2D eigenvalue weighted by Crippen LogP contribution is 2.28. The molecule has 202 valence electrons. The second-order valence-corrected chi connectivity index (χ2v) is 9.99. The summed E-state index contributed by atoms with van der Waals surface area (Å²) in [4.78, 5) is 34.0. The first-order valence-electron chi connectivity index (χ1n) is 13.1. The van der Waals surface area contributed by atoms with E-state index < -0.39 is 28.9 Å². The van der Waals surface area contributed by atoms with Crippen molar-refractivity contribution in [3.8, 4) is 0 Å². The van der Waals surface area contributed by atoms with Crippen LogP contribution in [0.5, 0.6) is 0 Å². The van der Waals surface area contributed by atoms with Crippen molar-refractivity contribution >= 4 is 5.69 Å². The van der Waals surface area contributed by atoms with Crippen molar-refractivity contribution < 1.29 is 8.78 Å². The number of nitrogens with zero attached hydrogens (tertiary/aromatic N) is 4. The topological polar surface area (TPSA) is 86.2 Å². The van der Waals surface area contributed by atoms with Crippen LogP contribution < -0.4 is 21.9 Å². The van der Waals surface area contributed by atoms with Gasteiger partial charge in [-0.25, -0.2) is 13.6 Å². The minimum atomic E-state index is -0.753. The zero-order valence-corrected chi connectivity index (χ0v) is 21.8. The lowest BCUT2D eigenvalue weighted by Gasteiger charge is -2.30. The molecule has 9 heteroatoms. The SMILES string of the molecule is Cc1c(N2CCCC2Cc2cccnc2)c(=O)n(C[C@@H](N)c2ccccc2)c(=O)n1Cc1c(F)cccc1F. The molecule has 2 aromatic heterocycles. The number of nitrogens with two attached hydrogens (primary N) is 1. The highest BCUT2D eigenvalue weighted by molar-refractivity contribution is 5.51. The molecule has 0 spiro atoms. The van der Waals surface area contributed by atoms with Gasteiger partial charge in [0.25, 0.3) is 5.56 Å². The van der Waals surface area contributed by atoms with Crippen LogP contribution in [0.3, 0.4) is 0 Å². The number of anilines is 1. The van der Waals surface area contributed by atoms with Gasteiger partial charge < -0.3 is 10.6 Å². The lowest BCUT2D eigenvalue weighted by atomic mass is 10.1. The third-order valence-corrected chi connectivity index (χ3v) is 7.50. The molecule has 0 bridgehead atoms. The molecule has 3 heterocycles. The average Bonchev–Trinajstić information content (AvgIpc) is 3.39. The lowest BCUT2D eigenvalue weighted by molar-refractivity contribution is 0.489. The van der Waals surface area contributed by atoms with E-state index in [0.29, 0.717) is 24.3 Å². The molecule has 2 N–H and O–H groups in total. The van der Waals surface area contributed by atoms with Crippen molar-refractivity contribution in [1.29, 1.82) is 0 Å². The molecule has 1 saturated heterocycles. The maximum Gasteiger partial charge on any atom is 0.331 e. The number of hydrogen-bond acceptors (Lipinski definition) is 5. The number of benzene rings is 2. The normalized spacial score (nSPS) is 16.0. The van der Waals surface area contributed by atoms with Crippen molar-refractivity contribution in [3.63, 3.8) is 0 Å². The van der Waals surface area contributed by atoms with Gasteiger partial charge in [-0.2, -0.15) is 0 Å². The predicted octanol–water partition coefficient (Wildman–Crippen LogP) is 3.95. The number of aromatic nitrogens is 3. The summed E-state index contributed by atoms with van der Waals surface area (Å²) in [5.41, 5.74) is 7.64. The first-order valence-corrected chi connectivity index (χ1v) is 13.1. The fourth-order valence-electron chi connectivity index (χ4n) is 5.44. The fourth-order valence-corrected chi connectivity index (χ4v) is 5.44. The molecule has 0 amide bonds. The average molecular weight is 532 g/mol. The molecule has 1 aliphatic rings. The van der Waals surface area contributed by atoms with Crippen molar-refractivity contribution in [2.45, 2.75) is 51.4 Å². The standard InChI is InChI=1S/C30H31F2N5O2/c1-20-28(35-15-7-11-23(35)16-21-8-6-14-34-17-21)29(38)37(19-27(33)22-9-3-2-4-10-22)30(39)36(20)18-24-25(31)12-5-13-26(24)32/h2-6,8-10,12-14,17,23,27H,7,11,15-16,18-19,33H2,1H3/t23?,27-/m1/s1. The smallest absolute Gasteiger partial charge is 0.331 e. The van der Waals surface area contributed by atoms with Gasteiger partial charge in [-0.3, -0.25) is 18.9 Å². The minimum Gasteiger partial charge on any atom is -0.362 e. The summed E-state index contributed by atoms with van der Waals surface area (Å²) in [6.45, 7) is 1.86. The second-order valence-electron chi connectivity index (χ2n) is 9.99. The third-order valence-electron chi connectivity index (χ3n) is 7.50. The molecule has 2 atom stereocenters. The molecule has 1 aliphatic heterocycles. The van der Waals surface area contributed by atoms with Crippen LogP contribution in [0.2, 0.25) is 0 Å². The van der Waals surface area contributed by atoms with Gasteiger partial charge >= 0.3 is 5.69 Å². The first-order chi connectivity index (χ1) is 18.8.